The summed E-state index contributed by atoms with van der Waals surface area (Å²) in [6.45, 7) is 6.25. The van der Waals surface area contributed by atoms with E-state index in [0.29, 0.717) is 11.5 Å². The number of hydrogen-bond donors (Lipinski definition) is 1. The zero-order valence-corrected chi connectivity index (χ0v) is 10.7. The number of nitrogens with one attached hydrogen (secondary N) is 1. The molecule has 0 aliphatic rings. The third-order valence-electron chi connectivity index (χ3n) is 3.22. The predicted octanol–water partition coefficient (Wildman–Crippen LogP) is 3.38. The smallest absolute Gasteiger partial charge is 0.251 e. The predicted molar refractivity (Wildman–Crippen MR) is 67.4 cm³/mol. The zero-order chi connectivity index (χ0) is 12.8. The number of amides is 1. The topological polar surface area (TPSA) is 29.1 Å². The van der Waals surface area contributed by atoms with Gasteiger partial charge in [0.05, 0.1) is 0 Å². The van der Waals surface area contributed by atoms with Crippen LogP contribution >= 0.6 is 0 Å². The Bertz CT molecular complexity index is 357. The van der Waals surface area contributed by atoms with Crippen molar-refractivity contribution in [2.24, 2.45) is 5.92 Å². The summed E-state index contributed by atoms with van der Waals surface area (Å²) in [5.74, 6) is 0.0263. The summed E-state index contributed by atoms with van der Waals surface area (Å²) in [4.78, 5) is 11.9. The van der Waals surface area contributed by atoms with Gasteiger partial charge in [0.2, 0.25) is 0 Å². The van der Waals surface area contributed by atoms with Gasteiger partial charge in [-0.15, -0.1) is 0 Å². The maximum Gasteiger partial charge on any atom is 0.251 e. The minimum absolute atomic E-state index is 0.135. The van der Waals surface area contributed by atoms with E-state index in [2.05, 4.69) is 19.2 Å². The molecule has 1 aromatic rings. The molecule has 0 saturated heterocycles. The van der Waals surface area contributed by atoms with Gasteiger partial charge in [-0.3, -0.25) is 4.79 Å². The molecule has 1 rings (SSSR count). The van der Waals surface area contributed by atoms with E-state index in [1.807, 2.05) is 6.92 Å². The average molecular weight is 237 g/mol. The fourth-order valence-electron chi connectivity index (χ4n) is 2.01. The molecule has 1 aromatic carbocycles. The molecule has 0 radical (unpaired) electrons. The molecule has 0 fully saturated rings. The molecule has 1 amide bonds. The number of carbonyl (C=O) groups is 1. The molecule has 17 heavy (non-hydrogen) atoms. The molecule has 2 nitrogen and oxygen atoms in total. The second-order valence-electron chi connectivity index (χ2n) is 4.35. The normalized spacial score (nSPS) is 12.5. The lowest BCUT2D eigenvalue weighted by Crippen LogP contribution is -2.37. The lowest BCUT2D eigenvalue weighted by molar-refractivity contribution is 0.0925. The Morgan fingerprint density at radius 3 is 2.24 bits per heavy atom. The van der Waals surface area contributed by atoms with Crippen molar-refractivity contribution in [1.29, 1.82) is 0 Å². The zero-order valence-electron chi connectivity index (χ0n) is 10.7. The average Bonchev–Trinajstić information content (AvgIpc) is 2.31. The molecule has 0 aliphatic carbocycles. The minimum atomic E-state index is -0.324. The van der Waals surface area contributed by atoms with Crippen LogP contribution in [0, 0.1) is 11.7 Å². The second kappa shape index (κ2) is 6.38. The minimum Gasteiger partial charge on any atom is -0.349 e. The SMILES string of the molecule is CCC(CC)C(C)NC(=O)c1ccc(F)cc1. The van der Waals surface area contributed by atoms with Crippen LogP contribution in [0.2, 0.25) is 0 Å². The summed E-state index contributed by atoms with van der Waals surface area (Å²) >= 11 is 0. The third-order valence-corrected chi connectivity index (χ3v) is 3.22. The Balaban J connectivity index is 2.62. The van der Waals surface area contributed by atoms with Gasteiger partial charge in [-0.25, -0.2) is 4.39 Å². The van der Waals surface area contributed by atoms with Crippen LogP contribution < -0.4 is 5.32 Å². The molecule has 0 saturated carbocycles. The molecule has 3 heteroatoms. The quantitative estimate of drug-likeness (QED) is 0.835. The highest BCUT2D eigenvalue weighted by molar-refractivity contribution is 5.94. The van der Waals surface area contributed by atoms with E-state index in [1.165, 1.54) is 24.3 Å². The van der Waals surface area contributed by atoms with Crippen molar-refractivity contribution in [3.8, 4) is 0 Å². The van der Waals surface area contributed by atoms with Crippen molar-refractivity contribution < 1.29 is 9.18 Å². The maximum atomic E-state index is 12.7. The highest BCUT2D eigenvalue weighted by atomic mass is 19.1. The van der Waals surface area contributed by atoms with Crippen LogP contribution in [-0.2, 0) is 0 Å². The number of halogens is 1. The van der Waals surface area contributed by atoms with Crippen molar-refractivity contribution in [1.82, 2.24) is 5.32 Å². The summed E-state index contributed by atoms with van der Waals surface area (Å²) in [6, 6.07) is 5.75. The number of rotatable bonds is 5. The molecular weight excluding hydrogens is 217 g/mol. The van der Waals surface area contributed by atoms with E-state index in [0.717, 1.165) is 12.8 Å². The number of hydrogen-bond acceptors (Lipinski definition) is 1. The van der Waals surface area contributed by atoms with Gasteiger partial charge in [-0.1, -0.05) is 26.7 Å². The first-order chi connectivity index (χ1) is 8.08. The molecule has 1 atom stereocenters. The van der Waals surface area contributed by atoms with Crippen molar-refractivity contribution in [2.75, 3.05) is 0 Å². The van der Waals surface area contributed by atoms with E-state index in [9.17, 15) is 9.18 Å². The van der Waals surface area contributed by atoms with Crippen LogP contribution in [0.1, 0.15) is 44.0 Å². The van der Waals surface area contributed by atoms with Crippen molar-refractivity contribution in [3.63, 3.8) is 0 Å². The van der Waals surface area contributed by atoms with Gasteiger partial charge in [-0.2, -0.15) is 0 Å². The molecule has 0 spiro atoms. The van der Waals surface area contributed by atoms with Crippen LogP contribution in [0.25, 0.3) is 0 Å². The third kappa shape index (κ3) is 3.84. The second-order valence-corrected chi connectivity index (χ2v) is 4.35. The van der Waals surface area contributed by atoms with E-state index in [4.69, 9.17) is 0 Å². The Labute approximate surface area is 102 Å². The van der Waals surface area contributed by atoms with Gasteiger partial charge in [0.15, 0.2) is 0 Å². The summed E-state index contributed by atoms with van der Waals surface area (Å²) in [6.07, 6.45) is 2.09. The molecule has 0 aliphatic heterocycles. The lowest BCUT2D eigenvalue weighted by atomic mass is 9.95. The monoisotopic (exact) mass is 237 g/mol. The first-order valence-corrected chi connectivity index (χ1v) is 6.14. The van der Waals surface area contributed by atoms with Gasteiger partial charge in [0.25, 0.3) is 5.91 Å². The van der Waals surface area contributed by atoms with Crippen molar-refractivity contribution in [2.45, 2.75) is 39.7 Å². The Hall–Kier alpha value is -1.38. The fraction of sp³-hybridized carbons (Fsp3) is 0.500. The Morgan fingerprint density at radius 1 is 1.24 bits per heavy atom. The summed E-state index contributed by atoms with van der Waals surface area (Å²) in [5.41, 5.74) is 0.504. The highest BCUT2D eigenvalue weighted by Gasteiger charge is 2.16. The van der Waals surface area contributed by atoms with Crippen LogP contribution in [0.4, 0.5) is 4.39 Å². The van der Waals surface area contributed by atoms with Gasteiger partial charge >= 0.3 is 0 Å². The van der Waals surface area contributed by atoms with Crippen LogP contribution in [0.5, 0.6) is 0 Å². The van der Waals surface area contributed by atoms with Gasteiger partial charge < -0.3 is 5.32 Å². The maximum absolute atomic E-state index is 12.7. The van der Waals surface area contributed by atoms with Crippen molar-refractivity contribution >= 4 is 5.91 Å². The standard InChI is InChI=1S/C14H20FNO/c1-4-11(5-2)10(3)16-14(17)12-6-8-13(15)9-7-12/h6-11H,4-5H2,1-3H3,(H,16,17). The van der Waals surface area contributed by atoms with Gasteiger partial charge in [0.1, 0.15) is 5.82 Å². The van der Waals surface area contributed by atoms with Crippen LogP contribution in [0.3, 0.4) is 0 Å². The molecule has 0 aromatic heterocycles. The first-order valence-electron chi connectivity index (χ1n) is 6.14. The van der Waals surface area contributed by atoms with Gasteiger partial charge in [0, 0.05) is 11.6 Å². The highest BCUT2D eigenvalue weighted by Crippen LogP contribution is 2.13. The first kappa shape index (κ1) is 13.7. The number of benzene rings is 1. The van der Waals surface area contributed by atoms with E-state index in [-0.39, 0.29) is 17.8 Å². The molecule has 0 heterocycles. The van der Waals surface area contributed by atoms with Crippen molar-refractivity contribution in [3.05, 3.63) is 35.6 Å². The van der Waals surface area contributed by atoms with Gasteiger partial charge in [-0.05, 0) is 37.1 Å². The lowest BCUT2D eigenvalue weighted by Gasteiger charge is -2.22. The molecule has 1 N–H and O–H groups in total. The van der Waals surface area contributed by atoms with E-state index >= 15 is 0 Å². The molecule has 1 unspecified atom stereocenters. The molecule has 0 bridgehead atoms. The summed E-state index contributed by atoms with van der Waals surface area (Å²) in [7, 11) is 0. The van der Waals surface area contributed by atoms with E-state index in [1.54, 1.807) is 0 Å². The Morgan fingerprint density at radius 2 is 1.76 bits per heavy atom. The largest absolute Gasteiger partial charge is 0.349 e. The molecule has 94 valence electrons. The molecular formula is C14H20FNO. The van der Waals surface area contributed by atoms with E-state index < -0.39 is 0 Å². The fourth-order valence-corrected chi connectivity index (χ4v) is 2.01. The Kier molecular flexibility index (Phi) is 5.13. The van der Waals surface area contributed by atoms with Crippen LogP contribution in [-0.4, -0.2) is 11.9 Å². The van der Waals surface area contributed by atoms with Crippen LogP contribution in [0.15, 0.2) is 24.3 Å². The summed E-state index contributed by atoms with van der Waals surface area (Å²) < 4.78 is 12.7. The summed E-state index contributed by atoms with van der Waals surface area (Å²) in [5, 5.41) is 2.96. The number of carbonyl (C=O) groups excluding carboxylic acids is 1.